The Hall–Kier alpha value is -1.16. The van der Waals surface area contributed by atoms with Gasteiger partial charge < -0.3 is 10.5 Å². The fraction of sp³-hybridized carbons (Fsp3) is 0.200. The van der Waals surface area contributed by atoms with Gasteiger partial charge in [0.15, 0.2) is 0 Å². The van der Waals surface area contributed by atoms with Crippen molar-refractivity contribution in [2.75, 3.05) is 12.3 Å². The first kappa shape index (κ1) is 14.3. The Balaban J connectivity index is 0.00000133. The molecule has 1 aliphatic heterocycles. The molecule has 2 N–H and O–H groups in total. The summed E-state index contributed by atoms with van der Waals surface area (Å²) in [6.07, 6.45) is 0. The Morgan fingerprint density at radius 1 is 0.947 bits per heavy atom. The Labute approximate surface area is 123 Å². The lowest BCUT2D eigenvalue weighted by molar-refractivity contribution is 0.459. The van der Waals surface area contributed by atoms with Gasteiger partial charge >= 0.3 is 0 Å². The van der Waals surface area contributed by atoms with Gasteiger partial charge in [-0.1, -0.05) is 36.4 Å². The first-order chi connectivity index (χ1) is 8.90. The molecule has 0 amide bonds. The van der Waals surface area contributed by atoms with Crippen molar-refractivity contribution in [1.29, 1.82) is 0 Å². The molecule has 1 aliphatic rings. The largest absolute Gasteiger partial charge is 0.457 e. The first-order valence-electron chi connectivity index (χ1n) is 6.07. The van der Waals surface area contributed by atoms with Crippen molar-refractivity contribution in [3.8, 4) is 11.5 Å². The number of hydrogen-bond acceptors (Lipinski definition) is 3. The zero-order chi connectivity index (χ0) is 12.4. The molecular weight excluding hydrogens is 278 g/mol. The van der Waals surface area contributed by atoms with E-state index in [-0.39, 0.29) is 12.4 Å². The van der Waals surface area contributed by atoms with Crippen molar-refractivity contribution < 1.29 is 4.74 Å². The summed E-state index contributed by atoms with van der Waals surface area (Å²) in [7, 11) is 0. The van der Waals surface area contributed by atoms with Crippen LogP contribution in [0.3, 0.4) is 0 Å². The summed E-state index contributed by atoms with van der Waals surface area (Å²) in [5, 5.41) is 0.328. The highest BCUT2D eigenvalue weighted by Crippen LogP contribution is 2.48. The zero-order valence-electron chi connectivity index (χ0n) is 10.4. The molecule has 19 heavy (non-hydrogen) atoms. The lowest BCUT2D eigenvalue weighted by atomic mass is 10.00. The van der Waals surface area contributed by atoms with E-state index in [2.05, 4.69) is 24.3 Å². The number of fused-ring (bicyclic) bond motifs is 2. The summed E-state index contributed by atoms with van der Waals surface area (Å²) in [5.74, 6) is 2.88. The number of rotatable bonds is 3. The molecule has 0 unspecified atom stereocenters. The minimum absolute atomic E-state index is 0. The van der Waals surface area contributed by atoms with Gasteiger partial charge in [0, 0.05) is 23.4 Å². The predicted molar refractivity (Wildman–Crippen MR) is 83.6 cm³/mol. The molecule has 1 heterocycles. The normalized spacial score (nSPS) is 12.9. The predicted octanol–water partition coefficient (Wildman–Crippen LogP) is 4.00. The number of thioether (sulfide) groups is 1. The Bertz CT molecular complexity index is 516. The third-order valence-corrected chi connectivity index (χ3v) is 4.34. The molecule has 0 bridgehead atoms. The molecule has 2 nitrogen and oxygen atoms in total. The average molecular weight is 294 g/mol. The van der Waals surface area contributed by atoms with Crippen molar-refractivity contribution in [2.45, 2.75) is 5.25 Å². The van der Waals surface area contributed by atoms with Gasteiger partial charge in [-0.05, 0) is 12.1 Å². The fourth-order valence-corrected chi connectivity index (χ4v) is 3.35. The highest BCUT2D eigenvalue weighted by atomic mass is 35.5. The summed E-state index contributed by atoms with van der Waals surface area (Å²) in [6.45, 7) is 0.701. The molecule has 0 spiro atoms. The van der Waals surface area contributed by atoms with E-state index in [9.17, 15) is 0 Å². The van der Waals surface area contributed by atoms with Crippen molar-refractivity contribution in [2.24, 2.45) is 5.73 Å². The van der Waals surface area contributed by atoms with Gasteiger partial charge in [-0.15, -0.1) is 24.2 Å². The monoisotopic (exact) mass is 293 g/mol. The second-order valence-corrected chi connectivity index (χ2v) is 5.43. The van der Waals surface area contributed by atoms with Crippen LogP contribution in [0.25, 0.3) is 0 Å². The number of halogens is 1. The Morgan fingerprint density at radius 3 is 2.00 bits per heavy atom. The molecule has 0 aliphatic carbocycles. The Kier molecular flexibility index (Phi) is 4.75. The molecule has 2 aromatic carbocycles. The van der Waals surface area contributed by atoms with Crippen LogP contribution in [-0.4, -0.2) is 12.3 Å². The molecule has 3 rings (SSSR count). The molecule has 2 aromatic rings. The van der Waals surface area contributed by atoms with Crippen molar-refractivity contribution in [3.05, 3.63) is 59.7 Å². The molecule has 100 valence electrons. The third kappa shape index (κ3) is 2.73. The quantitative estimate of drug-likeness (QED) is 0.929. The van der Waals surface area contributed by atoms with Crippen molar-refractivity contribution in [1.82, 2.24) is 0 Å². The van der Waals surface area contributed by atoms with Crippen LogP contribution in [-0.2, 0) is 0 Å². The molecule has 0 aromatic heterocycles. The number of para-hydroxylation sites is 2. The van der Waals surface area contributed by atoms with E-state index in [0.717, 1.165) is 17.3 Å². The summed E-state index contributed by atoms with van der Waals surface area (Å²) < 4.78 is 5.94. The lowest BCUT2D eigenvalue weighted by Gasteiger charge is -2.27. The maximum atomic E-state index is 5.94. The standard InChI is InChI=1S/C15H15NOS.ClH/c16-9-10-18-15-11-5-1-3-7-13(11)17-14-8-4-2-6-12(14)15;/h1-8,15H,9-10,16H2;1H. The highest BCUT2D eigenvalue weighted by Gasteiger charge is 2.26. The van der Waals surface area contributed by atoms with Gasteiger partial charge in [-0.3, -0.25) is 0 Å². The first-order valence-corrected chi connectivity index (χ1v) is 7.12. The SMILES string of the molecule is Cl.NCCSC1c2ccccc2Oc2ccccc21. The van der Waals surface area contributed by atoms with Crippen LogP contribution < -0.4 is 10.5 Å². The summed E-state index contributed by atoms with van der Waals surface area (Å²) in [6, 6.07) is 16.5. The highest BCUT2D eigenvalue weighted by molar-refractivity contribution is 7.99. The summed E-state index contributed by atoms with van der Waals surface area (Å²) >= 11 is 1.88. The second kappa shape index (κ2) is 6.33. The van der Waals surface area contributed by atoms with Gasteiger partial charge in [0.1, 0.15) is 11.5 Å². The summed E-state index contributed by atoms with van der Waals surface area (Å²) in [4.78, 5) is 0. The van der Waals surface area contributed by atoms with Crippen LogP contribution >= 0.6 is 24.2 Å². The summed E-state index contributed by atoms with van der Waals surface area (Å²) in [5.41, 5.74) is 8.12. The molecule has 0 saturated carbocycles. The number of ether oxygens (including phenoxy) is 1. The zero-order valence-corrected chi connectivity index (χ0v) is 12.0. The van der Waals surface area contributed by atoms with Crippen LogP contribution in [0, 0.1) is 0 Å². The van der Waals surface area contributed by atoms with E-state index in [1.807, 2.05) is 36.0 Å². The third-order valence-electron chi connectivity index (χ3n) is 3.03. The number of benzene rings is 2. The fourth-order valence-electron chi connectivity index (χ4n) is 2.23. The average Bonchev–Trinajstić information content (AvgIpc) is 2.43. The molecule has 0 saturated heterocycles. The van der Waals surface area contributed by atoms with Crippen molar-refractivity contribution in [3.63, 3.8) is 0 Å². The Morgan fingerprint density at radius 2 is 1.47 bits per heavy atom. The topological polar surface area (TPSA) is 35.2 Å². The van der Waals surface area contributed by atoms with Gasteiger partial charge in [-0.2, -0.15) is 0 Å². The molecule has 0 radical (unpaired) electrons. The number of hydrogen-bond donors (Lipinski definition) is 1. The van der Waals surface area contributed by atoms with Crippen LogP contribution in [0.2, 0.25) is 0 Å². The van der Waals surface area contributed by atoms with Gasteiger partial charge in [-0.25, -0.2) is 0 Å². The van der Waals surface area contributed by atoms with E-state index < -0.39 is 0 Å². The molecular formula is C15H16ClNOS. The van der Waals surface area contributed by atoms with E-state index in [1.54, 1.807) is 0 Å². The molecule has 0 atom stereocenters. The lowest BCUT2D eigenvalue weighted by Crippen LogP contribution is -2.10. The maximum absolute atomic E-state index is 5.94. The van der Waals surface area contributed by atoms with Crippen molar-refractivity contribution >= 4 is 24.2 Å². The van der Waals surface area contributed by atoms with E-state index in [0.29, 0.717) is 11.8 Å². The van der Waals surface area contributed by atoms with E-state index in [4.69, 9.17) is 10.5 Å². The van der Waals surface area contributed by atoms with Crippen LogP contribution in [0.5, 0.6) is 11.5 Å². The van der Waals surface area contributed by atoms with Crippen LogP contribution in [0.4, 0.5) is 0 Å². The van der Waals surface area contributed by atoms with Gasteiger partial charge in [0.2, 0.25) is 0 Å². The smallest absolute Gasteiger partial charge is 0.132 e. The van der Waals surface area contributed by atoms with E-state index in [1.165, 1.54) is 11.1 Å². The van der Waals surface area contributed by atoms with Crippen LogP contribution in [0.1, 0.15) is 16.4 Å². The van der Waals surface area contributed by atoms with Crippen LogP contribution in [0.15, 0.2) is 48.5 Å². The minimum Gasteiger partial charge on any atom is -0.457 e. The van der Waals surface area contributed by atoms with E-state index >= 15 is 0 Å². The minimum atomic E-state index is 0. The van der Waals surface area contributed by atoms with Gasteiger partial charge in [0.25, 0.3) is 0 Å². The molecule has 0 fully saturated rings. The maximum Gasteiger partial charge on any atom is 0.132 e. The molecule has 4 heteroatoms. The van der Waals surface area contributed by atoms with Gasteiger partial charge in [0.05, 0.1) is 5.25 Å². The number of nitrogens with two attached hydrogens (primary N) is 1. The second-order valence-electron chi connectivity index (χ2n) is 4.22.